The van der Waals surface area contributed by atoms with Crippen molar-refractivity contribution in [2.75, 3.05) is 44.9 Å². The Morgan fingerprint density at radius 1 is 0.839 bits per heavy atom. The van der Waals surface area contributed by atoms with Crippen molar-refractivity contribution in [1.82, 2.24) is 9.21 Å². The first-order chi connectivity index (χ1) is 14.4. The van der Waals surface area contributed by atoms with E-state index in [1.165, 1.54) is 26.2 Å². The van der Waals surface area contributed by atoms with Gasteiger partial charge in [-0.25, -0.2) is 12.7 Å². The molecule has 0 aliphatic carbocycles. The summed E-state index contributed by atoms with van der Waals surface area (Å²) in [5.41, 5.74) is 3.87. The number of hydrogen-bond donors (Lipinski definition) is 2. The van der Waals surface area contributed by atoms with Crippen molar-refractivity contribution >= 4 is 33.2 Å². The van der Waals surface area contributed by atoms with Crippen LogP contribution in [-0.2, 0) is 19.6 Å². The van der Waals surface area contributed by atoms with E-state index in [2.05, 4.69) is 10.6 Å². The number of carbonyl (C=O) groups excluding carboxylic acids is 2. The summed E-state index contributed by atoms with van der Waals surface area (Å²) in [6.07, 6.45) is 0. The monoisotopic (exact) mass is 446 g/mol. The number of hydrogen-bond acceptors (Lipinski definition) is 5. The predicted octanol–water partition coefficient (Wildman–Crippen LogP) is 2.37. The molecule has 0 saturated carbocycles. The van der Waals surface area contributed by atoms with Crippen LogP contribution in [0.2, 0.25) is 0 Å². The van der Waals surface area contributed by atoms with E-state index in [1.54, 1.807) is 24.9 Å². The van der Waals surface area contributed by atoms with Gasteiger partial charge in [0.2, 0.25) is 21.8 Å². The second-order valence-electron chi connectivity index (χ2n) is 7.80. The lowest BCUT2D eigenvalue weighted by Gasteiger charge is -2.18. The molecule has 2 N–H and O–H groups in total. The lowest BCUT2D eigenvalue weighted by atomic mass is 10.1. The highest BCUT2D eigenvalue weighted by atomic mass is 32.2. The van der Waals surface area contributed by atoms with Crippen molar-refractivity contribution in [1.29, 1.82) is 0 Å². The molecule has 0 bridgehead atoms. The summed E-state index contributed by atoms with van der Waals surface area (Å²) in [5.74, 6) is -0.562. The van der Waals surface area contributed by atoms with E-state index in [0.717, 1.165) is 26.7 Å². The topological polar surface area (TPSA) is 98.8 Å². The van der Waals surface area contributed by atoms with Gasteiger partial charge in [0.05, 0.1) is 18.0 Å². The molecule has 0 aliphatic heterocycles. The summed E-state index contributed by atoms with van der Waals surface area (Å²) < 4.78 is 25.8. The van der Waals surface area contributed by atoms with Crippen molar-refractivity contribution in [3.05, 3.63) is 53.1 Å². The fourth-order valence-corrected chi connectivity index (χ4v) is 3.96. The molecule has 9 heteroatoms. The van der Waals surface area contributed by atoms with Crippen molar-refractivity contribution in [3.8, 4) is 0 Å². The fourth-order valence-electron chi connectivity index (χ4n) is 3.03. The third-order valence-electron chi connectivity index (χ3n) is 4.83. The molecule has 8 nitrogen and oxygen atoms in total. The van der Waals surface area contributed by atoms with Crippen LogP contribution in [0.15, 0.2) is 41.3 Å². The lowest BCUT2D eigenvalue weighted by Crippen LogP contribution is -2.36. The summed E-state index contributed by atoms with van der Waals surface area (Å²) in [7, 11) is 0.962. The van der Waals surface area contributed by atoms with Crippen molar-refractivity contribution in [2.45, 2.75) is 25.7 Å². The zero-order valence-corrected chi connectivity index (χ0v) is 19.6. The Hall–Kier alpha value is -2.75. The van der Waals surface area contributed by atoms with E-state index >= 15 is 0 Å². The second kappa shape index (κ2) is 10.0. The number of carbonyl (C=O) groups is 2. The summed E-state index contributed by atoms with van der Waals surface area (Å²) in [5, 5.41) is 5.63. The fraction of sp³-hybridized carbons (Fsp3) is 0.364. The largest absolute Gasteiger partial charge is 0.325 e. The average molecular weight is 447 g/mol. The van der Waals surface area contributed by atoms with Gasteiger partial charge < -0.3 is 10.6 Å². The van der Waals surface area contributed by atoms with E-state index in [-0.39, 0.29) is 29.8 Å². The Morgan fingerprint density at radius 2 is 1.39 bits per heavy atom. The molecule has 0 unspecified atom stereocenters. The van der Waals surface area contributed by atoms with Crippen LogP contribution >= 0.6 is 0 Å². The van der Waals surface area contributed by atoms with Crippen molar-refractivity contribution in [3.63, 3.8) is 0 Å². The minimum Gasteiger partial charge on any atom is -0.325 e. The van der Waals surface area contributed by atoms with E-state index in [1.807, 2.05) is 32.0 Å². The Kier molecular flexibility index (Phi) is 7.94. The smallest absolute Gasteiger partial charge is 0.242 e. The molecule has 0 saturated heterocycles. The van der Waals surface area contributed by atoms with Gasteiger partial charge in [-0.2, -0.15) is 0 Å². The molecule has 0 spiro atoms. The van der Waals surface area contributed by atoms with Gasteiger partial charge in [0.25, 0.3) is 0 Å². The quantitative estimate of drug-likeness (QED) is 0.649. The maximum Gasteiger partial charge on any atom is 0.242 e. The Labute approximate surface area is 184 Å². The number of para-hydroxylation sites is 1. The average Bonchev–Trinajstić information content (AvgIpc) is 2.66. The van der Waals surface area contributed by atoms with Crippen LogP contribution in [-0.4, -0.2) is 63.7 Å². The second-order valence-corrected chi connectivity index (χ2v) is 9.95. The van der Waals surface area contributed by atoms with Gasteiger partial charge in [-0.05, 0) is 56.6 Å². The molecular weight excluding hydrogens is 416 g/mol. The van der Waals surface area contributed by atoms with Crippen LogP contribution < -0.4 is 10.6 Å². The van der Waals surface area contributed by atoms with Gasteiger partial charge in [-0.3, -0.25) is 14.5 Å². The molecule has 2 rings (SSSR count). The summed E-state index contributed by atoms with van der Waals surface area (Å²) >= 11 is 0. The number of rotatable bonds is 8. The zero-order valence-electron chi connectivity index (χ0n) is 18.8. The molecule has 0 fully saturated rings. The maximum absolute atomic E-state index is 12.5. The summed E-state index contributed by atoms with van der Waals surface area (Å²) in [4.78, 5) is 26.5. The highest BCUT2D eigenvalue weighted by Gasteiger charge is 2.19. The van der Waals surface area contributed by atoms with E-state index in [9.17, 15) is 18.0 Å². The first-order valence-electron chi connectivity index (χ1n) is 9.79. The third kappa shape index (κ3) is 6.36. The SMILES string of the molecule is Cc1ccc(S(=O)(=O)N(C)C)cc1NC(=O)CN(C)CC(=O)Nc1c(C)cccc1C. The molecular formula is C22H30N4O4S. The number of likely N-dealkylation sites (N-methyl/N-ethyl adjacent to an activating group) is 1. The van der Waals surface area contributed by atoms with Crippen molar-refractivity contribution < 1.29 is 18.0 Å². The van der Waals surface area contributed by atoms with Gasteiger partial charge in [-0.1, -0.05) is 24.3 Å². The van der Waals surface area contributed by atoms with E-state index < -0.39 is 10.0 Å². The molecule has 2 aromatic carbocycles. The minimum absolute atomic E-state index is 0.0235. The van der Waals surface area contributed by atoms with Crippen LogP contribution in [0.5, 0.6) is 0 Å². The molecule has 0 radical (unpaired) electrons. The van der Waals surface area contributed by atoms with Crippen LogP contribution in [0.4, 0.5) is 11.4 Å². The van der Waals surface area contributed by atoms with Crippen molar-refractivity contribution in [2.24, 2.45) is 0 Å². The van der Waals surface area contributed by atoms with Gasteiger partial charge in [0.1, 0.15) is 0 Å². The molecule has 0 heterocycles. The van der Waals surface area contributed by atoms with Gasteiger partial charge in [0, 0.05) is 25.5 Å². The third-order valence-corrected chi connectivity index (χ3v) is 6.65. The molecule has 168 valence electrons. The van der Waals surface area contributed by atoms with Crippen LogP contribution in [0.1, 0.15) is 16.7 Å². The molecule has 31 heavy (non-hydrogen) atoms. The lowest BCUT2D eigenvalue weighted by molar-refractivity contribution is -0.119. The number of nitrogens with zero attached hydrogens (tertiary/aromatic N) is 2. The number of sulfonamides is 1. The summed E-state index contributed by atoms with van der Waals surface area (Å²) in [6.45, 7) is 5.64. The van der Waals surface area contributed by atoms with Crippen LogP contribution in [0, 0.1) is 20.8 Å². The van der Waals surface area contributed by atoms with E-state index in [4.69, 9.17) is 0 Å². The predicted molar refractivity (Wildman–Crippen MR) is 123 cm³/mol. The zero-order chi connectivity index (χ0) is 23.3. The van der Waals surface area contributed by atoms with Gasteiger partial charge >= 0.3 is 0 Å². The standard InChI is InChI=1S/C22H30N4O4S/c1-15-10-11-18(31(29,30)25(4)5)12-19(15)23-20(27)13-26(6)14-21(28)24-22-16(2)8-7-9-17(22)3/h7-12H,13-14H2,1-6H3,(H,23,27)(H,24,28). The Morgan fingerprint density at radius 3 is 1.94 bits per heavy atom. The first-order valence-corrected chi connectivity index (χ1v) is 11.2. The van der Waals surface area contributed by atoms with Crippen LogP contribution in [0.3, 0.4) is 0 Å². The molecule has 0 aliphatic rings. The number of nitrogens with one attached hydrogen (secondary N) is 2. The summed E-state index contributed by atoms with van der Waals surface area (Å²) in [6, 6.07) is 10.4. The molecule has 2 amide bonds. The number of aryl methyl sites for hydroxylation is 3. The normalized spacial score (nSPS) is 11.6. The van der Waals surface area contributed by atoms with Gasteiger partial charge in [0.15, 0.2) is 0 Å². The van der Waals surface area contributed by atoms with E-state index in [0.29, 0.717) is 5.69 Å². The molecule has 0 aromatic heterocycles. The highest BCUT2D eigenvalue weighted by Crippen LogP contribution is 2.22. The number of benzene rings is 2. The minimum atomic E-state index is -3.61. The van der Waals surface area contributed by atoms with Gasteiger partial charge in [-0.15, -0.1) is 0 Å². The highest BCUT2D eigenvalue weighted by molar-refractivity contribution is 7.89. The molecule has 0 atom stereocenters. The number of anilines is 2. The first kappa shape index (κ1) is 24.5. The Bertz CT molecular complexity index is 1060. The number of amides is 2. The van der Waals surface area contributed by atoms with Crippen LogP contribution in [0.25, 0.3) is 0 Å². The Balaban J connectivity index is 2.00. The molecule has 2 aromatic rings. The maximum atomic E-state index is 12.5.